The molecule has 3 rings (SSSR count). The SMILES string of the molecule is CC(=O)Nn1cnc2c(=O)[nH]c(N)nc21.c1cncnc1. The van der Waals surface area contributed by atoms with Gasteiger partial charge >= 0.3 is 0 Å². The lowest BCUT2D eigenvalue weighted by atomic mass is 10.5. The molecule has 0 saturated carbocycles. The van der Waals surface area contributed by atoms with E-state index in [9.17, 15) is 9.59 Å². The predicted octanol–water partition coefficient (Wildman–Crippen LogP) is -0.732. The molecule has 10 heteroatoms. The molecule has 3 aromatic heterocycles. The molecular weight excluding hydrogens is 276 g/mol. The van der Waals surface area contributed by atoms with Gasteiger partial charge in [-0.25, -0.2) is 19.6 Å². The van der Waals surface area contributed by atoms with Crippen LogP contribution in [0.15, 0.2) is 35.9 Å². The Morgan fingerprint density at radius 3 is 2.62 bits per heavy atom. The van der Waals surface area contributed by atoms with E-state index in [-0.39, 0.29) is 23.0 Å². The number of carbonyl (C=O) groups excluding carboxylic acids is 1. The summed E-state index contributed by atoms with van der Waals surface area (Å²) in [5, 5.41) is 0. The maximum Gasteiger partial charge on any atom is 0.280 e. The second-order valence-corrected chi connectivity index (χ2v) is 3.81. The van der Waals surface area contributed by atoms with Crippen LogP contribution < -0.4 is 16.7 Å². The van der Waals surface area contributed by atoms with Crippen LogP contribution in [0.25, 0.3) is 11.2 Å². The number of rotatable bonds is 1. The number of nitrogens with two attached hydrogens (primary N) is 1. The summed E-state index contributed by atoms with van der Waals surface area (Å²) in [6, 6.07) is 1.78. The maximum absolute atomic E-state index is 11.3. The van der Waals surface area contributed by atoms with Crippen molar-refractivity contribution < 1.29 is 4.79 Å². The molecule has 10 nitrogen and oxygen atoms in total. The van der Waals surface area contributed by atoms with Crippen LogP contribution in [0.3, 0.4) is 0 Å². The van der Waals surface area contributed by atoms with Crippen molar-refractivity contribution >= 4 is 23.0 Å². The third-order valence-corrected chi connectivity index (χ3v) is 2.18. The Morgan fingerprint density at radius 2 is 2.10 bits per heavy atom. The van der Waals surface area contributed by atoms with Gasteiger partial charge in [-0.2, -0.15) is 4.98 Å². The average molecular weight is 288 g/mol. The number of hydrogen-bond donors (Lipinski definition) is 3. The summed E-state index contributed by atoms with van der Waals surface area (Å²) in [6.07, 6.45) is 6.16. The van der Waals surface area contributed by atoms with Crippen LogP contribution in [0.2, 0.25) is 0 Å². The molecular formula is C11H12N8O2. The zero-order valence-corrected chi connectivity index (χ0v) is 11.0. The van der Waals surface area contributed by atoms with Crippen molar-refractivity contribution in [1.82, 2.24) is 29.6 Å². The lowest BCUT2D eigenvalue weighted by molar-refractivity contribution is -0.115. The zero-order valence-electron chi connectivity index (χ0n) is 11.0. The minimum atomic E-state index is -0.443. The van der Waals surface area contributed by atoms with E-state index < -0.39 is 5.56 Å². The fourth-order valence-electron chi connectivity index (χ4n) is 1.43. The Hall–Kier alpha value is -3.30. The number of anilines is 1. The van der Waals surface area contributed by atoms with E-state index in [1.165, 1.54) is 24.3 Å². The van der Waals surface area contributed by atoms with Crippen LogP contribution >= 0.6 is 0 Å². The van der Waals surface area contributed by atoms with Crippen molar-refractivity contribution in [3.8, 4) is 0 Å². The number of imidazole rings is 1. The highest BCUT2D eigenvalue weighted by Crippen LogP contribution is 2.03. The number of H-pyrrole nitrogens is 1. The Labute approximate surface area is 118 Å². The van der Waals surface area contributed by atoms with E-state index in [0.717, 1.165) is 0 Å². The summed E-state index contributed by atoms with van der Waals surface area (Å²) >= 11 is 0. The lowest BCUT2D eigenvalue weighted by Gasteiger charge is -2.02. The number of fused-ring (bicyclic) bond motifs is 1. The number of nitrogens with one attached hydrogen (secondary N) is 2. The van der Waals surface area contributed by atoms with Gasteiger partial charge in [0, 0.05) is 19.3 Å². The molecule has 108 valence electrons. The summed E-state index contributed by atoms with van der Waals surface area (Å²) in [5.74, 6) is -0.324. The molecule has 0 atom stereocenters. The van der Waals surface area contributed by atoms with Gasteiger partial charge in [-0.1, -0.05) is 0 Å². The van der Waals surface area contributed by atoms with Crippen molar-refractivity contribution in [2.24, 2.45) is 0 Å². The molecule has 21 heavy (non-hydrogen) atoms. The molecule has 0 fully saturated rings. The second-order valence-electron chi connectivity index (χ2n) is 3.81. The van der Waals surface area contributed by atoms with Crippen molar-refractivity contribution in [2.75, 3.05) is 11.2 Å². The highest BCUT2D eigenvalue weighted by Gasteiger charge is 2.09. The van der Waals surface area contributed by atoms with Gasteiger partial charge < -0.3 is 5.73 Å². The standard InChI is InChI=1S/C7H8N6O2.C4H4N2/c1-3(14)12-13-2-9-4-5(13)10-7(8)11-6(4)15;1-2-5-4-6-3-1/h2H,1H3,(H,12,14)(H3,8,10,11,15);1-4H. The van der Waals surface area contributed by atoms with Gasteiger partial charge in [0.05, 0.1) is 0 Å². The number of amides is 1. The summed E-state index contributed by atoms with van der Waals surface area (Å²) in [6.45, 7) is 1.34. The van der Waals surface area contributed by atoms with E-state index in [4.69, 9.17) is 5.73 Å². The normalized spacial score (nSPS) is 9.76. The molecule has 3 heterocycles. The van der Waals surface area contributed by atoms with Gasteiger partial charge in [0.1, 0.15) is 12.7 Å². The van der Waals surface area contributed by atoms with E-state index in [2.05, 4.69) is 30.3 Å². The zero-order chi connectivity index (χ0) is 15.2. The van der Waals surface area contributed by atoms with E-state index in [1.54, 1.807) is 18.5 Å². The minimum absolute atomic E-state index is 0.0281. The number of hydrogen-bond acceptors (Lipinski definition) is 7. The highest BCUT2D eigenvalue weighted by molar-refractivity contribution is 5.83. The van der Waals surface area contributed by atoms with Gasteiger partial charge in [0.25, 0.3) is 5.56 Å². The molecule has 3 aromatic rings. The second kappa shape index (κ2) is 6.23. The summed E-state index contributed by atoms with van der Waals surface area (Å²) in [4.78, 5) is 39.5. The maximum atomic E-state index is 11.3. The van der Waals surface area contributed by atoms with Crippen molar-refractivity contribution in [2.45, 2.75) is 6.92 Å². The topological polar surface area (TPSA) is 144 Å². The summed E-state index contributed by atoms with van der Waals surface area (Å²) in [5.41, 5.74) is 7.68. The van der Waals surface area contributed by atoms with Crippen LogP contribution in [0.4, 0.5) is 5.95 Å². The minimum Gasteiger partial charge on any atom is -0.369 e. The molecule has 1 amide bonds. The molecule has 0 radical (unpaired) electrons. The fourth-order valence-corrected chi connectivity index (χ4v) is 1.43. The van der Waals surface area contributed by atoms with Crippen molar-refractivity contribution in [1.29, 1.82) is 0 Å². The number of nitrogens with zero attached hydrogens (tertiary/aromatic N) is 5. The molecule has 4 N–H and O–H groups in total. The molecule has 0 aromatic carbocycles. The average Bonchev–Trinajstić information content (AvgIpc) is 2.84. The fraction of sp³-hybridized carbons (Fsp3) is 0.0909. The summed E-state index contributed by atoms with van der Waals surface area (Å²) < 4.78 is 1.24. The Kier molecular flexibility index (Phi) is 4.19. The van der Waals surface area contributed by atoms with Crippen LogP contribution in [0, 0.1) is 0 Å². The molecule has 0 aliphatic heterocycles. The third-order valence-electron chi connectivity index (χ3n) is 2.18. The molecule has 0 aliphatic carbocycles. The molecule has 0 unspecified atom stereocenters. The van der Waals surface area contributed by atoms with E-state index in [0.29, 0.717) is 0 Å². The molecule has 0 bridgehead atoms. The largest absolute Gasteiger partial charge is 0.369 e. The van der Waals surface area contributed by atoms with E-state index >= 15 is 0 Å². The van der Waals surface area contributed by atoms with Gasteiger partial charge in [-0.15, -0.1) is 0 Å². The smallest absolute Gasteiger partial charge is 0.280 e. The Bertz CT molecular complexity index is 768. The first-order chi connectivity index (χ1) is 10.1. The number of nitrogen functional groups attached to an aromatic ring is 1. The van der Waals surface area contributed by atoms with Crippen LogP contribution in [-0.4, -0.2) is 35.5 Å². The van der Waals surface area contributed by atoms with Crippen molar-refractivity contribution in [3.63, 3.8) is 0 Å². The number of aromatic nitrogens is 6. The van der Waals surface area contributed by atoms with Crippen LogP contribution in [0.5, 0.6) is 0 Å². The van der Waals surface area contributed by atoms with Gasteiger partial charge in [-0.05, 0) is 6.07 Å². The third kappa shape index (κ3) is 3.59. The monoisotopic (exact) mass is 288 g/mol. The first-order valence-corrected chi connectivity index (χ1v) is 5.78. The lowest BCUT2D eigenvalue weighted by Crippen LogP contribution is -2.20. The molecule has 0 saturated heterocycles. The molecule has 0 spiro atoms. The first-order valence-electron chi connectivity index (χ1n) is 5.78. The Morgan fingerprint density at radius 1 is 1.38 bits per heavy atom. The number of carbonyl (C=O) groups is 1. The predicted molar refractivity (Wildman–Crippen MR) is 74.6 cm³/mol. The summed E-state index contributed by atoms with van der Waals surface area (Å²) in [7, 11) is 0. The van der Waals surface area contributed by atoms with Gasteiger partial charge in [0.15, 0.2) is 11.2 Å². The number of aromatic amines is 1. The quantitative estimate of drug-likeness (QED) is 0.535. The van der Waals surface area contributed by atoms with Crippen LogP contribution in [-0.2, 0) is 4.79 Å². The first kappa shape index (κ1) is 14.1. The highest BCUT2D eigenvalue weighted by atomic mass is 16.2. The molecule has 0 aliphatic rings. The van der Waals surface area contributed by atoms with Gasteiger partial charge in [-0.3, -0.25) is 20.0 Å². The Balaban J connectivity index is 0.000000225. The van der Waals surface area contributed by atoms with Crippen molar-refractivity contribution in [3.05, 3.63) is 41.5 Å². The van der Waals surface area contributed by atoms with Gasteiger partial charge in [0.2, 0.25) is 11.9 Å². The van der Waals surface area contributed by atoms with E-state index in [1.807, 2.05) is 0 Å². The van der Waals surface area contributed by atoms with Crippen LogP contribution in [0.1, 0.15) is 6.92 Å².